The molecule has 0 heterocycles. The third kappa shape index (κ3) is 3.57. The molecule has 1 unspecified atom stereocenters. The van der Waals surface area contributed by atoms with Crippen molar-refractivity contribution in [3.63, 3.8) is 0 Å². The van der Waals surface area contributed by atoms with Crippen LogP contribution in [0.3, 0.4) is 0 Å². The number of nitrogens with zero attached hydrogens (tertiary/aromatic N) is 1. The minimum Gasteiger partial charge on any atom is -0.463 e. The molecule has 102 valence electrons. The Kier molecular flexibility index (Phi) is 5.11. The number of para-hydroxylation sites is 1. The van der Waals surface area contributed by atoms with Crippen LogP contribution in [0.5, 0.6) is 0 Å². The normalized spacial score (nSPS) is 11.7. The van der Waals surface area contributed by atoms with E-state index >= 15 is 0 Å². The maximum Gasteiger partial charge on any atom is 0.349 e. The highest BCUT2D eigenvalue weighted by Gasteiger charge is 2.32. The van der Waals surface area contributed by atoms with E-state index in [1.54, 1.807) is 6.92 Å². The van der Waals surface area contributed by atoms with Gasteiger partial charge >= 0.3 is 5.97 Å². The fraction of sp³-hybridized carbons (Fsp3) is 0.333. The van der Waals surface area contributed by atoms with E-state index in [2.05, 4.69) is 4.74 Å². The van der Waals surface area contributed by atoms with Crippen molar-refractivity contribution in [3.05, 3.63) is 39.9 Å². The van der Waals surface area contributed by atoms with Crippen molar-refractivity contribution in [2.75, 3.05) is 6.61 Å². The number of nitro groups is 1. The van der Waals surface area contributed by atoms with Gasteiger partial charge in [0.15, 0.2) is 0 Å². The number of carbonyl (C=O) groups excluding carboxylic acids is 2. The second-order valence-electron chi connectivity index (χ2n) is 3.67. The summed E-state index contributed by atoms with van der Waals surface area (Å²) in [5, 5.41) is 10.7. The molecular formula is C12H12FNO5. The molecule has 0 N–H and O–H groups in total. The van der Waals surface area contributed by atoms with Crippen LogP contribution in [0.1, 0.15) is 23.7 Å². The molecule has 0 spiro atoms. The standard InChI is InChI=1S/C12H12FNO5/c1-2-7-19-12(16)10(13)11(15)8-5-3-4-6-9(8)14(17)18/h3-6,10H,2,7H2,1H3. The Balaban J connectivity index is 2.94. The average molecular weight is 269 g/mol. The summed E-state index contributed by atoms with van der Waals surface area (Å²) in [5.74, 6) is -2.60. The highest BCUT2D eigenvalue weighted by molar-refractivity contribution is 6.12. The van der Waals surface area contributed by atoms with Gasteiger partial charge in [-0.2, -0.15) is 0 Å². The minimum absolute atomic E-state index is 0.0105. The van der Waals surface area contributed by atoms with E-state index < -0.39 is 34.1 Å². The first-order valence-corrected chi connectivity index (χ1v) is 5.57. The van der Waals surface area contributed by atoms with E-state index in [1.165, 1.54) is 12.1 Å². The number of nitro benzene ring substituents is 1. The molecule has 0 saturated carbocycles. The number of ketones is 1. The zero-order valence-electron chi connectivity index (χ0n) is 10.2. The summed E-state index contributed by atoms with van der Waals surface area (Å²) >= 11 is 0. The molecule has 0 aliphatic rings. The number of halogens is 1. The summed E-state index contributed by atoms with van der Waals surface area (Å²) in [6.07, 6.45) is -2.06. The Hall–Kier alpha value is -2.31. The molecular weight excluding hydrogens is 257 g/mol. The van der Waals surface area contributed by atoms with Gasteiger partial charge in [-0.25, -0.2) is 9.18 Å². The van der Waals surface area contributed by atoms with Gasteiger partial charge in [-0.3, -0.25) is 14.9 Å². The van der Waals surface area contributed by atoms with Crippen LogP contribution in [0.15, 0.2) is 24.3 Å². The highest BCUT2D eigenvalue weighted by atomic mass is 19.1. The number of rotatable bonds is 6. The molecule has 1 aromatic carbocycles. The minimum atomic E-state index is -2.55. The lowest BCUT2D eigenvalue weighted by atomic mass is 10.1. The zero-order valence-corrected chi connectivity index (χ0v) is 10.2. The average Bonchev–Trinajstić information content (AvgIpc) is 2.42. The van der Waals surface area contributed by atoms with Crippen LogP contribution in [-0.4, -0.2) is 29.5 Å². The number of ether oxygens (including phenoxy) is 1. The van der Waals surface area contributed by atoms with E-state index in [1.807, 2.05) is 0 Å². The van der Waals surface area contributed by atoms with Crippen molar-refractivity contribution in [3.8, 4) is 0 Å². The van der Waals surface area contributed by atoms with Crippen LogP contribution < -0.4 is 0 Å². The van der Waals surface area contributed by atoms with E-state index in [0.29, 0.717) is 6.42 Å². The van der Waals surface area contributed by atoms with Crippen LogP contribution in [-0.2, 0) is 9.53 Å². The van der Waals surface area contributed by atoms with Gasteiger partial charge in [-0.05, 0) is 12.5 Å². The van der Waals surface area contributed by atoms with Crippen LogP contribution in [0.2, 0.25) is 0 Å². The third-order valence-corrected chi connectivity index (χ3v) is 2.25. The molecule has 0 fully saturated rings. The Morgan fingerprint density at radius 1 is 1.42 bits per heavy atom. The van der Waals surface area contributed by atoms with Gasteiger partial charge in [0.05, 0.1) is 17.1 Å². The second-order valence-corrected chi connectivity index (χ2v) is 3.67. The first-order chi connectivity index (χ1) is 8.99. The van der Waals surface area contributed by atoms with E-state index in [9.17, 15) is 24.1 Å². The number of alkyl halides is 1. The van der Waals surface area contributed by atoms with Gasteiger partial charge in [-0.15, -0.1) is 0 Å². The van der Waals surface area contributed by atoms with Gasteiger partial charge < -0.3 is 4.74 Å². The fourth-order valence-electron chi connectivity index (χ4n) is 1.36. The zero-order chi connectivity index (χ0) is 14.4. The van der Waals surface area contributed by atoms with Crippen LogP contribution in [0.4, 0.5) is 10.1 Å². The van der Waals surface area contributed by atoms with Crippen molar-refractivity contribution in [1.29, 1.82) is 0 Å². The predicted octanol–water partition coefficient (Wildman–Crippen LogP) is 2.07. The lowest BCUT2D eigenvalue weighted by Gasteiger charge is -2.07. The first kappa shape index (κ1) is 14.7. The fourth-order valence-corrected chi connectivity index (χ4v) is 1.36. The van der Waals surface area contributed by atoms with Crippen LogP contribution in [0, 0.1) is 10.1 Å². The topological polar surface area (TPSA) is 86.5 Å². The monoisotopic (exact) mass is 269 g/mol. The number of hydrogen-bond acceptors (Lipinski definition) is 5. The highest BCUT2D eigenvalue weighted by Crippen LogP contribution is 2.20. The molecule has 0 bridgehead atoms. The molecule has 19 heavy (non-hydrogen) atoms. The quantitative estimate of drug-likeness (QED) is 0.259. The van der Waals surface area contributed by atoms with Gasteiger partial charge in [0.1, 0.15) is 0 Å². The summed E-state index contributed by atoms with van der Waals surface area (Å²) < 4.78 is 18.1. The van der Waals surface area contributed by atoms with Crippen molar-refractivity contribution >= 4 is 17.4 Å². The Morgan fingerprint density at radius 3 is 2.63 bits per heavy atom. The molecule has 0 radical (unpaired) electrons. The van der Waals surface area contributed by atoms with Gasteiger partial charge in [0, 0.05) is 6.07 Å². The number of carbonyl (C=O) groups is 2. The third-order valence-electron chi connectivity index (χ3n) is 2.25. The molecule has 0 aliphatic heterocycles. The Morgan fingerprint density at radius 2 is 2.05 bits per heavy atom. The van der Waals surface area contributed by atoms with Crippen molar-refractivity contribution in [1.82, 2.24) is 0 Å². The molecule has 1 atom stereocenters. The lowest BCUT2D eigenvalue weighted by Crippen LogP contribution is -2.28. The molecule has 6 nitrogen and oxygen atoms in total. The van der Waals surface area contributed by atoms with E-state index in [4.69, 9.17) is 0 Å². The number of esters is 1. The predicted molar refractivity (Wildman–Crippen MR) is 63.6 cm³/mol. The van der Waals surface area contributed by atoms with Gasteiger partial charge in [-0.1, -0.05) is 19.1 Å². The molecule has 1 rings (SSSR count). The number of hydrogen-bond donors (Lipinski definition) is 0. The second kappa shape index (κ2) is 6.58. The molecule has 7 heteroatoms. The lowest BCUT2D eigenvalue weighted by molar-refractivity contribution is -0.385. The summed E-state index contributed by atoms with van der Waals surface area (Å²) in [4.78, 5) is 32.8. The van der Waals surface area contributed by atoms with Crippen molar-refractivity contribution in [2.45, 2.75) is 19.5 Å². The summed E-state index contributed by atoms with van der Waals surface area (Å²) in [5.41, 5.74) is -0.994. The summed E-state index contributed by atoms with van der Waals surface area (Å²) in [6, 6.07) is 4.86. The first-order valence-electron chi connectivity index (χ1n) is 5.57. The maximum absolute atomic E-state index is 13.6. The molecule has 0 aliphatic carbocycles. The summed E-state index contributed by atoms with van der Waals surface area (Å²) in [7, 11) is 0. The Bertz CT molecular complexity index is 503. The van der Waals surface area contributed by atoms with Crippen molar-refractivity contribution in [2.24, 2.45) is 0 Å². The van der Waals surface area contributed by atoms with Crippen LogP contribution >= 0.6 is 0 Å². The number of Topliss-reactive ketones (excluding diaryl/α,β-unsaturated/α-hetero) is 1. The largest absolute Gasteiger partial charge is 0.463 e. The maximum atomic E-state index is 13.6. The summed E-state index contributed by atoms with van der Waals surface area (Å²) in [6.45, 7) is 1.70. The van der Waals surface area contributed by atoms with Crippen molar-refractivity contribution < 1.29 is 23.6 Å². The van der Waals surface area contributed by atoms with Crippen LogP contribution in [0.25, 0.3) is 0 Å². The molecule has 0 saturated heterocycles. The SMILES string of the molecule is CCCOC(=O)C(F)C(=O)c1ccccc1[N+](=O)[O-]. The van der Waals surface area contributed by atoms with Gasteiger partial charge in [0.2, 0.25) is 5.78 Å². The Labute approximate surface area is 108 Å². The molecule has 0 amide bonds. The van der Waals surface area contributed by atoms with E-state index in [-0.39, 0.29) is 6.61 Å². The smallest absolute Gasteiger partial charge is 0.349 e. The molecule has 1 aromatic rings. The number of benzene rings is 1. The molecule has 0 aromatic heterocycles. The van der Waals surface area contributed by atoms with E-state index in [0.717, 1.165) is 12.1 Å². The van der Waals surface area contributed by atoms with Gasteiger partial charge in [0.25, 0.3) is 11.9 Å².